The molecule has 138 valence electrons. The van der Waals surface area contributed by atoms with Gasteiger partial charge in [0.25, 0.3) is 0 Å². The van der Waals surface area contributed by atoms with Gasteiger partial charge in [-0.25, -0.2) is 4.98 Å². The summed E-state index contributed by atoms with van der Waals surface area (Å²) in [5.74, 6) is 2.16. The molecule has 0 aliphatic carbocycles. The Balaban J connectivity index is 1.63. The van der Waals surface area contributed by atoms with E-state index in [1.807, 2.05) is 0 Å². The lowest BCUT2D eigenvalue weighted by Crippen LogP contribution is -2.19. The topological polar surface area (TPSA) is 27.1 Å². The van der Waals surface area contributed by atoms with Crippen LogP contribution in [0, 0.1) is 13.8 Å². The fourth-order valence-electron chi connectivity index (χ4n) is 3.39. The molecule has 26 heavy (non-hydrogen) atoms. The van der Waals surface area contributed by atoms with E-state index in [9.17, 15) is 0 Å². The van der Waals surface area contributed by atoms with Crippen LogP contribution in [0.4, 0.5) is 0 Å². The molecule has 3 nitrogen and oxygen atoms in total. The first-order valence-electron chi connectivity index (χ1n) is 9.52. The second-order valence-corrected chi connectivity index (χ2v) is 8.15. The summed E-state index contributed by atoms with van der Waals surface area (Å²) in [7, 11) is 0. The summed E-state index contributed by atoms with van der Waals surface area (Å²) in [5, 5.41) is 0. The molecular weight excluding hydrogens is 320 g/mol. The molecule has 1 heterocycles. The molecule has 0 saturated heterocycles. The number of aryl methyl sites for hydroxylation is 3. The zero-order chi connectivity index (χ0) is 18.7. The number of benzene rings is 2. The van der Waals surface area contributed by atoms with Crippen LogP contribution < -0.4 is 4.74 Å². The number of hydrogen-bond donors (Lipinski definition) is 0. The SMILES string of the molecule is Cc1ccc(OCCCCn2c(C(C)(C)C)nc3ccccc32)c(C)c1. The van der Waals surface area contributed by atoms with Crippen molar-refractivity contribution in [1.82, 2.24) is 9.55 Å². The van der Waals surface area contributed by atoms with E-state index >= 15 is 0 Å². The lowest BCUT2D eigenvalue weighted by Gasteiger charge is -2.20. The van der Waals surface area contributed by atoms with Gasteiger partial charge in [-0.3, -0.25) is 0 Å². The van der Waals surface area contributed by atoms with Crippen molar-refractivity contribution >= 4 is 11.0 Å². The first-order chi connectivity index (χ1) is 12.4. The number of imidazole rings is 1. The molecule has 0 N–H and O–H groups in total. The van der Waals surface area contributed by atoms with E-state index in [0.717, 1.165) is 43.1 Å². The largest absolute Gasteiger partial charge is 0.493 e. The van der Waals surface area contributed by atoms with E-state index in [1.165, 1.54) is 16.6 Å². The van der Waals surface area contributed by atoms with Gasteiger partial charge in [0.05, 0.1) is 17.6 Å². The predicted octanol–water partition coefficient (Wildman–Crippen LogP) is 5.81. The van der Waals surface area contributed by atoms with Crippen molar-refractivity contribution in [2.24, 2.45) is 0 Å². The lowest BCUT2D eigenvalue weighted by atomic mass is 9.95. The van der Waals surface area contributed by atoms with Gasteiger partial charge >= 0.3 is 0 Å². The normalized spacial score (nSPS) is 11.9. The Morgan fingerprint density at radius 3 is 2.50 bits per heavy atom. The summed E-state index contributed by atoms with van der Waals surface area (Å²) < 4.78 is 8.35. The Hall–Kier alpha value is -2.29. The fourth-order valence-corrected chi connectivity index (χ4v) is 3.39. The smallest absolute Gasteiger partial charge is 0.122 e. The van der Waals surface area contributed by atoms with Gasteiger partial charge in [-0.2, -0.15) is 0 Å². The highest BCUT2D eigenvalue weighted by molar-refractivity contribution is 5.76. The number of ether oxygens (including phenoxy) is 1. The highest BCUT2D eigenvalue weighted by atomic mass is 16.5. The van der Waals surface area contributed by atoms with Crippen molar-refractivity contribution in [3.05, 3.63) is 59.4 Å². The summed E-state index contributed by atoms with van der Waals surface area (Å²) in [6.45, 7) is 12.6. The van der Waals surface area contributed by atoms with Crippen LogP contribution in [-0.4, -0.2) is 16.2 Å². The number of para-hydroxylation sites is 2. The lowest BCUT2D eigenvalue weighted by molar-refractivity contribution is 0.300. The summed E-state index contributed by atoms with van der Waals surface area (Å²) in [4.78, 5) is 4.88. The molecular formula is C23H30N2O. The van der Waals surface area contributed by atoms with Crippen LogP contribution in [0.5, 0.6) is 5.75 Å². The standard InChI is InChI=1S/C23H30N2O/c1-17-12-13-21(18(2)16-17)26-15-9-8-14-25-20-11-7-6-10-19(20)24-22(25)23(3,4)5/h6-7,10-13,16H,8-9,14-15H2,1-5H3. The van der Waals surface area contributed by atoms with Gasteiger partial charge in [0.2, 0.25) is 0 Å². The molecule has 0 bridgehead atoms. The molecule has 3 rings (SSSR count). The number of aromatic nitrogens is 2. The summed E-state index contributed by atoms with van der Waals surface area (Å²) >= 11 is 0. The average Bonchev–Trinajstić information content (AvgIpc) is 2.95. The summed E-state index contributed by atoms with van der Waals surface area (Å²) in [6, 6.07) is 14.8. The van der Waals surface area contributed by atoms with Crippen molar-refractivity contribution in [2.45, 2.75) is 59.4 Å². The van der Waals surface area contributed by atoms with Crippen LogP contribution in [0.3, 0.4) is 0 Å². The molecule has 3 heteroatoms. The third-order valence-corrected chi connectivity index (χ3v) is 4.69. The molecule has 0 aliphatic heterocycles. The zero-order valence-corrected chi connectivity index (χ0v) is 16.7. The van der Waals surface area contributed by atoms with Crippen LogP contribution in [0.15, 0.2) is 42.5 Å². The maximum absolute atomic E-state index is 5.97. The highest BCUT2D eigenvalue weighted by Gasteiger charge is 2.22. The van der Waals surface area contributed by atoms with E-state index in [-0.39, 0.29) is 5.41 Å². The monoisotopic (exact) mass is 350 g/mol. The van der Waals surface area contributed by atoms with Gasteiger partial charge in [0.1, 0.15) is 11.6 Å². The molecule has 0 fully saturated rings. The minimum absolute atomic E-state index is 0.0362. The number of unbranched alkanes of at least 4 members (excludes halogenated alkanes) is 1. The van der Waals surface area contributed by atoms with Crippen molar-refractivity contribution in [2.75, 3.05) is 6.61 Å². The number of fused-ring (bicyclic) bond motifs is 1. The van der Waals surface area contributed by atoms with Gasteiger partial charge in [-0.05, 0) is 50.5 Å². The van der Waals surface area contributed by atoms with Crippen molar-refractivity contribution in [1.29, 1.82) is 0 Å². The van der Waals surface area contributed by atoms with Gasteiger partial charge in [0.15, 0.2) is 0 Å². The van der Waals surface area contributed by atoms with Crippen LogP contribution in [0.25, 0.3) is 11.0 Å². The van der Waals surface area contributed by atoms with Gasteiger partial charge in [-0.1, -0.05) is 50.6 Å². The summed E-state index contributed by atoms with van der Waals surface area (Å²) in [5.41, 5.74) is 4.84. The number of rotatable bonds is 6. The van der Waals surface area contributed by atoms with Crippen LogP contribution >= 0.6 is 0 Å². The fraction of sp³-hybridized carbons (Fsp3) is 0.435. The summed E-state index contributed by atoms with van der Waals surface area (Å²) in [6.07, 6.45) is 2.11. The maximum atomic E-state index is 5.97. The van der Waals surface area contributed by atoms with Gasteiger partial charge in [-0.15, -0.1) is 0 Å². The van der Waals surface area contributed by atoms with Gasteiger partial charge < -0.3 is 9.30 Å². The molecule has 0 radical (unpaired) electrons. The molecule has 3 aromatic rings. The molecule has 0 aliphatic rings. The van der Waals surface area contributed by atoms with Crippen molar-refractivity contribution in [3.8, 4) is 5.75 Å². The molecule has 0 spiro atoms. The average molecular weight is 351 g/mol. The van der Waals surface area contributed by atoms with E-state index in [2.05, 4.69) is 81.7 Å². The Kier molecular flexibility index (Phi) is 5.36. The number of hydrogen-bond acceptors (Lipinski definition) is 2. The Labute approximate surface area is 157 Å². The number of nitrogens with zero attached hydrogens (tertiary/aromatic N) is 2. The predicted molar refractivity (Wildman–Crippen MR) is 109 cm³/mol. The minimum atomic E-state index is 0.0362. The van der Waals surface area contributed by atoms with Crippen LogP contribution in [0.1, 0.15) is 50.6 Å². The molecule has 0 atom stereocenters. The van der Waals surface area contributed by atoms with Crippen molar-refractivity contribution in [3.63, 3.8) is 0 Å². The molecule has 2 aromatic carbocycles. The third kappa shape index (κ3) is 4.09. The van der Waals surface area contributed by atoms with Crippen LogP contribution in [-0.2, 0) is 12.0 Å². The Morgan fingerprint density at radius 1 is 1.00 bits per heavy atom. The van der Waals surface area contributed by atoms with E-state index in [4.69, 9.17) is 9.72 Å². The second-order valence-electron chi connectivity index (χ2n) is 8.15. The van der Waals surface area contributed by atoms with E-state index < -0.39 is 0 Å². The third-order valence-electron chi connectivity index (χ3n) is 4.69. The van der Waals surface area contributed by atoms with Crippen LogP contribution in [0.2, 0.25) is 0 Å². The minimum Gasteiger partial charge on any atom is -0.493 e. The Bertz CT molecular complexity index is 887. The zero-order valence-electron chi connectivity index (χ0n) is 16.7. The molecule has 1 aromatic heterocycles. The van der Waals surface area contributed by atoms with E-state index in [1.54, 1.807) is 0 Å². The van der Waals surface area contributed by atoms with Crippen molar-refractivity contribution < 1.29 is 4.74 Å². The van der Waals surface area contributed by atoms with E-state index in [0.29, 0.717) is 0 Å². The molecule has 0 saturated carbocycles. The highest BCUT2D eigenvalue weighted by Crippen LogP contribution is 2.27. The Morgan fingerprint density at radius 2 is 1.77 bits per heavy atom. The quantitative estimate of drug-likeness (QED) is 0.525. The maximum Gasteiger partial charge on any atom is 0.122 e. The first-order valence-corrected chi connectivity index (χ1v) is 9.52. The molecule has 0 amide bonds. The molecule has 0 unspecified atom stereocenters. The second kappa shape index (κ2) is 7.53. The van der Waals surface area contributed by atoms with Gasteiger partial charge in [0, 0.05) is 12.0 Å². The first kappa shape index (κ1) is 18.5.